The molecule has 1 aromatic rings. The molecule has 5 nitrogen and oxygen atoms in total. The van der Waals surface area contributed by atoms with Crippen LogP contribution in [0.2, 0.25) is 0 Å². The Labute approximate surface area is 125 Å². The smallest absolute Gasteiger partial charge is 0.323 e. The molecule has 1 fully saturated rings. The number of urea groups is 1. The summed E-state index contributed by atoms with van der Waals surface area (Å²) in [6.45, 7) is 1.67. The minimum Gasteiger partial charge on any atom is -0.395 e. The summed E-state index contributed by atoms with van der Waals surface area (Å²) in [6.07, 6.45) is 6.58. The highest BCUT2D eigenvalue weighted by Gasteiger charge is 2.15. The molecular weight excluding hydrogens is 266 g/mol. The molecule has 2 heterocycles. The van der Waals surface area contributed by atoms with Gasteiger partial charge in [0.15, 0.2) is 0 Å². The van der Waals surface area contributed by atoms with E-state index in [0.29, 0.717) is 12.2 Å². The van der Waals surface area contributed by atoms with Crippen molar-refractivity contribution in [3.05, 3.63) is 23.9 Å². The van der Waals surface area contributed by atoms with Gasteiger partial charge in [-0.1, -0.05) is 24.7 Å². The molecule has 2 rings (SSSR count). The van der Waals surface area contributed by atoms with Gasteiger partial charge in [0, 0.05) is 31.3 Å². The minimum absolute atomic E-state index is 0.0522. The molecule has 0 radical (unpaired) electrons. The lowest BCUT2D eigenvalue weighted by Crippen LogP contribution is -2.35. The lowest BCUT2D eigenvalue weighted by molar-refractivity contribution is 0.213. The summed E-state index contributed by atoms with van der Waals surface area (Å²) in [4.78, 5) is 18.2. The van der Waals surface area contributed by atoms with Gasteiger partial charge in [-0.15, -0.1) is 0 Å². The maximum atomic E-state index is 12.2. The molecule has 0 saturated carbocycles. The zero-order chi connectivity index (χ0) is 14.9. The summed E-state index contributed by atoms with van der Waals surface area (Å²) in [6, 6.07) is 3.44. The van der Waals surface area contributed by atoms with Gasteiger partial charge in [0.05, 0.1) is 6.61 Å². The Hall–Kier alpha value is -2.06. The minimum atomic E-state index is -0.0927. The van der Waals surface area contributed by atoms with Gasteiger partial charge in [0.25, 0.3) is 0 Å². The van der Waals surface area contributed by atoms with Gasteiger partial charge in [0.2, 0.25) is 0 Å². The van der Waals surface area contributed by atoms with Crippen LogP contribution < -0.4 is 5.32 Å². The van der Waals surface area contributed by atoms with Crippen LogP contribution in [0.25, 0.3) is 0 Å². The van der Waals surface area contributed by atoms with Crippen molar-refractivity contribution in [3.8, 4) is 11.8 Å². The monoisotopic (exact) mass is 287 g/mol. The van der Waals surface area contributed by atoms with E-state index in [1.54, 1.807) is 18.3 Å². The van der Waals surface area contributed by atoms with Crippen LogP contribution in [0.3, 0.4) is 0 Å². The fraction of sp³-hybridized carbons (Fsp3) is 0.500. The zero-order valence-corrected chi connectivity index (χ0v) is 12.1. The number of nitrogens with one attached hydrogen (secondary N) is 1. The van der Waals surface area contributed by atoms with Crippen LogP contribution in [0.5, 0.6) is 0 Å². The summed E-state index contributed by atoms with van der Waals surface area (Å²) in [5.41, 5.74) is 0.782. The van der Waals surface area contributed by atoms with Crippen molar-refractivity contribution in [2.45, 2.75) is 32.1 Å². The summed E-state index contributed by atoms with van der Waals surface area (Å²) in [5, 5.41) is 11.5. The Balaban J connectivity index is 1.97. The first-order valence-electron chi connectivity index (χ1n) is 7.41. The van der Waals surface area contributed by atoms with Crippen molar-refractivity contribution in [1.29, 1.82) is 0 Å². The molecule has 0 aliphatic carbocycles. The van der Waals surface area contributed by atoms with Crippen LogP contribution >= 0.6 is 0 Å². The Morgan fingerprint density at radius 2 is 2.10 bits per heavy atom. The van der Waals surface area contributed by atoms with E-state index in [-0.39, 0.29) is 12.6 Å². The van der Waals surface area contributed by atoms with E-state index >= 15 is 0 Å². The second kappa shape index (κ2) is 8.28. The maximum Gasteiger partial charge on any atom is 0.323 e. The van der Waals surface area contributed by atoms with E-state index < -0.39 is 0 Å². The summed E-state index contributed by atoms with van der Waals surface area (Å²) < 4.78 is 0. The molecule has 1 aliphatic heterocycles. The van der Waals surface area contributed by atoms with Crippen molar-refractivity contribution in [2.24, 2.45) is 0 Å². The number of carbonyl (C=O) groups is 1. The molecule has 0 atom stereocenters. The fourth-order valence-electron chi connectivity index (χ4n) is 2.26. The highest BCUT2D eigenvalue weighted by atomic mass is 16.2. The Morgan fingerprint density at radius 1 is 1.33 bits per heavy atom. The Morgan fingerprint density at radius 3 is 2.81 bits per heavy atom. The number of likely N-dealkylation sites (tertiary alicyclic amines) is 1. The van der Waals surface area contributed by atoms with E-state index in [1.165, 1.54) is 12.8 Å². The number of rotatable bonds is 2. The van der Waals surface area contributed by atoms with Crippen molar-refractivity contribution in [1.82, 2.24) is 9.88 Å². The molecule has 0 unspecified atom stereocenters. The predicted octanol–water partition coefficient (Wildman–Crippen LogP) is 2.22. The zero-order valence-electron chi connectivity index (χ0n) is 12.1. The van der Waals surface area contributed by atoms with Crippen molar-refractivity contribution >= 4 is 11.8 Å². The van der Waals surface area contributed by atoms with Gasteiger partial charge in [-0.2, -0.15) is 0 Å². The molecule has 0 spiro atoms. The number of carbonyl (C=O) groups excluding carboxylic acids is 1. The molecule has 0 aromatic carbocycles. The third-order valence-electron chi connectivity index (χ3n) is 3.36. The third kappa shape index (κ3) is 5.09. The number of hydrogen-bond acceptors (Lipinski definition) is 3. The normalized spacial score (nSPS) is 14.8. The van der Waals surface area contributed by atoms with Crippen molar-refractivity contribution in [2.75, 3.05) is 25.0 Å². The summed E-state index contributed by atoms with van der Waals surface area (Å²) in [5.74, 6) is 6.30. The molecule has 0 bridgehead atoms. The average Bonchev–Trinajstić information content (AvgIpc) is 2.77. The number of anilines is 1. The second-order valence-electron chi connectivity index (χ2n) is 5.04. The van der Waals surface area contributed by atoms with Crippen LogP contribution in [0.1, 0.15) is 37.7 Å². The van der Waals surface area contributed by atoms with E-state index in [2.05, 4.69) is 22.1 Å². The SMILES string of the molecule is O=C(Nc1cc(C#CCCO)ccn1)N1CCCCCC1. The predicted molar refractivity (Wildman–Crippen MR) is 81.9 cm³/mol. The molecule has 21 heavy (non-hydrogen) atoms. The number of pyridine rings is 1. The first kappa shape index (κ1) is 15.3. The van der Waals surface area contributed by atoms with Crippen molar-refractivity contribution < 1.29 is 9.90 Å². The Kier molecular flexibility index (Phi) is 6.04. The Bertz CT molecular complexity index is 526. The average molecular weight is 287 g/mol. The van der Waals surface area contributed by atoms with Gasteiger partial charge < -0.3 is 10.0 Å². The highest BCUT2D eigenvalue weighted by molar-refractivity contribution is 5.88. The van der Waals surface area contributed by atoms with Crippen LogP contribution in [-0.2, 0) is 0 Å². The molecule has 5 heteroatoms. The lowest BCUT2D eigenvalue weighted by Gasteiger charge is -2.20. The standard InChI is InChI=1S/C16H21N3O2/c20-12-6-3-7-14-8-9-17-15(13-14)18-16(21)19-10-4-1-2-5-11-19/h8-9,13,20H,1-2,4-6,10-12H2,(H,17,18,21). The van der Waals surface area contributed by atoms with Crippen molar-refractivity contribution in [3.63, 3.8) is 0 Å². The number of aromatic nitrogens is 1. The van der Waals surface area contributed by atoms with Gasteiger partial charge in [-0.3, -0.25) is 5.32 Å². The van der Waals surface area contributed by atoms with E-state index in [0.717, 1.165) is 31.5 Å². The van der Waals surface area contributed by atoms with Gasteiger partial charge in [-0.05, 0) is 25.0 Å². The highest BCUT2D eigenvalue weighted by Crippen LogP contribution is 2.12. The third-order valence-corrected chi connectivity index (χ3v) is 3.36. The molecule has 112 valence electrons. The number of aliphatic hydroxyl groups is 1. The van der Waals surface area contributed by atoms with Gasteiger partial charge >= 0.3 is 6.03 Å². The second-order valence-corrected chi connectivity index (χ2v) is 5.04. The van der Waals surface area contributed by atoms with Gasteiger partial charge in [-0.25, -0.2) is 9.78 Å². The molecule has 1 aliphatic rings. The number of nitrogens with zero attached hydrogens (tertiary/aromatic N) is 2. The van der Waals surface area contributed by atoms with E-state index in [1.807, 2.05) is 4.90 Å². The summed E-state index contributed by atoms with van der Waals surface area (Å²) >= 11 is 0. The first-order valence-corrected chi connectivity index (χ1v) is 7.41. The topological polar surface area (TPSA) is 65.5 Å². The fourth-order valence-corrected chi connectivity index (χ4v) is 2.26. The largest absolute Gasteiger partial charge is 0.395 e. The quantitative estimate of drug-likeness (QED) is 0.820. The number of aliphatic hydroxyl groups excluding tert-OH is 1. The lowest BCUT2D eigenvalue weighted by atomic mass is 10.2. The molecular formula is C16H21N3O2. The van der Waals surface area contributed by atoms with Crippen LogP contribution in [0.4, 0.5) is 10.6 Å². The maximum absolute atomic E-state index is 12.2. The number of hydrogen-bond donors (Lipinski definition) is 2. The molecule has 2 amide bonds. The summed E-state index contributed by atoms with van der Waals surface area (Å²) in [7, 11) is 0. The van der Waals surface area contributed by atoms with E-state index in [9.17, 15) is 4.79 Å². The van der Waals surface area contributed by atoms with Crippen LogP contribution in [-0.4, -0.2) is 40.7 Å². The van der Waals surface area contributed by atoms with Gasteiger partial charge in [0.1, 0.15) is 5.82 Å². The van der Waals surface area contributed by atoms with E-state index in [4.69, 9.17) is 5.11 Å². The molecule has 1 saturated heterocycles. The van der Waals surface area contributed by atoms with Crippen LogP contribution in [0.15, 0.2) is 18.3 Å². The first-order chi connectivity index (χ1) is 10.3. The number of amides is 2. The van der Waals surface area contributed by atoms with Crippen LogP contribution in [0, 0.1) is 11.8 Å². The molecule has 1 aromatic heterocycles. The molecule has 2 N–H and O–H groups in total.